The molecule has 2 N–H and O–H groups in total. The van der Waals surface area contributed by atoms with E-state index < -0.39 is 5.60 Å². The Balaban J connectivity index is 2.20. The van der Waals surface area contributed by atoms with E-state index in [1.807, 2.05) is 24.3 Å². The third kappa shape index (κ3) is 3.23. The summed E-state index contributed by atoms with van der Waals surface area (Å²) in [6, 6.07) is 14.8. The maximum absolute atomic E-state index is 10.5. The van der Waals surface area contributed by atoms with Crippen LogP contribution in [0.3, 0.4) is 0 Å². The SMILES string of the molecule is CC(O)(Cc1ccc(I)cc1)c1ccc(O)cc1. The molecule has 1 unspecified atom stereocenters. The van der Waals surface area contributed by atoms with Crippen molar-refractivity contribution in [1.82, 2.24) is 0 Å². The summed E-state index contributed by atoms with van der Waals surface area (Å²) in [4.78, 5) is 0. The number of benzene rings is 2. The maximum Gasteiger partial charge on any atom is 0.115 e. The largest absolute Gasteiger partial charge is 0.508 e. The van der Waals surface area contributed by atoms with E-state index in [2.05, 4.69) is 22.6 Å². The zero-order chi connectivity index (χ0) is 13.2. The van der Waals surface area contributed by atoms with E-state index in [4.69, 9.17) is 0 Å². The minimum Gasteiger partial charge on any atom is -0.508 e. The first-order chi connectivity index (χ1) is 8.47. The smallest absolute Gasteiger partial charge is 0.115 e. The number of phenolic OH excluding ortho intramolecular Hbond substituents is 1. The van der Waals surface area contributed by atoms with E-state index in [0.29, 0.717) is 6.42 Å². The third-order valence-electron chi connectivity index (χ3n) is 2.95. The highest BCUT2D eigenvalue weighted by atomic mass is 127. The van der Waals surface area contributed by atoms with Crippen LogP contribution in [0.2, 0.25) is 0 Å². The van der Waals surface area contributed by atoms with Gasteiger partial charge in [0.25, 0.3) is 0 Å². The van der Waals surface area contributed by atoms with Gasteiger partial charge in [-0.1, -0.05) is 24.3 Å². The van der Waals surface area contributed by atoms with Crippen LogP contribution in [0.25, 0.3) is 0 Å². The van der Waals surface area contributed by atoms with Crippen molar-refractivity contribution in [2.75, 3.05) is 0 Å². The number of rotatable bonds is 3. The Hall–Kier alpha value is -1.07. The fraction of sp³-hybridized carbons (Fsp3) is 0.200. The molecule has 18 heavy (non-hydrogen) atoms. The molecule has 94 valence electrons. The Bertz CT molecular complexity index is 515. The number of hydrogen-bond donors (Lipinski definition) is 2. The minimum atomic E-state index is -0.930. The van der Waals surface area contributed by atoms with Crippen molar-refractivity contribution in [2.45, 2.75) is 18.9 Å². The molecule has 3 heteroatoms. The van der Waals surface area contributed by atoms with Gasteiger partial charge in [0.15, 0.2) is 0 Å². The molecule has 1 atom stereocenters. The molecule has 2 rings (SSSR count). The van der Waals surface area contributed by atoms with Crippen molar-refractivity contribution in [3.8, 4) is 5.75 Å². The lowest BCUT2D eigenvalue weighted by Gasteiger charge is -2.24. The van der Waals surface area contributed by atoms with Gasteiger partial charge in [-0.2, -0.15) is 0 Å². The summed E-state index contributed by atoms with van der Waals surface area (Å²) in [7, 11) is 0. The molecular formula is C15H15IO2. The van der Waals surface area contributed by atoms with Crippen LogP contribution < -0.4 is 0 Å². The highest BCUT2D eigenvalue weighted by Crippen LogP contribution is 2.26. The Labute approximate surface area is 120 Å². The molecule has 0 aliphatic carbocycles. The van der Waals surface area contributed by atoms with Gasteiger partial charge in [0.2, 0.25) is 0 Å². The van der Waals surface area contributed by atoms with Crippen LogP contribution in [0.4, 0.5) is 0 Å². The predicted octanol–water partition coefficient (Wildman–Crippen LogP) is 3.45. The first kappa shape index (κ1) is 13.4. The second kappa shape index (κ2) is 5.28. The zero-order valence-corrected chi connectivity index (χ0v) is 12.3. The standard InChI is InChI=1S/C15H15IO2/c1-15(18,12-4-8-14(17)9-5-12)10-11-2-6-13(16)7-3-11/h2-9,17-18H,10H2,1H3. The number of phenols is 1. The summed E-state index contributed by atoms with van der Waals surface area (Å²) < 4.78 is 1.18. The van der Waals surface area contributed by atoms with Gasteiger partial charge in [0, 0.05) is 9.99 Å². The van der Waals surface area contributed by atoms with Gasteiger partial charge in [-0.15, -0.1) is 0 Å². The van der Waals surface area contributed by atoms with E-state index >= 15 is 0 Å². The molecular weight excluding hydrogens is 339 g/mol. The molecule has 2 nitrogen and oxygen atoms in total. The number of halogens is 1. The highest BCUT2D eigenvalue weighted by molar-refractivity contribution is 14.1. The molecule has 0 aromatic heterocycles. The fourth-order valence-corrected chi connectivity index (χ4v) is 2.28. The molecule has 0 amide bonds. The first-order valence-corrected chi connectivity index (χ1v) is 6.81. The van der Waals surface area contributed by atoms with Gasteiger partial charge < -0.3 is 10.2 Å². The molecule has 0 saturated carbocycles. The third-order valence-corrected chi connectivity index (χ3v) is 3.67. The van der Waals surface area contributed by atoms with Gasteiger partial charge in [-0.25, -0.2) is 0 Å². The van der Waals surface area contributed by atoms with Crippen LogP contribution in [-0.2, 0) is 12.0 Å². The maximum atomic E-state index is 10.5. The molecule has 0 aliphatic rings. The van der Waals surface area contributed by atoms with Crippen molar-refractivity contribution < 1.29 is 10.2 Å². The van der Waals surface area contributed by atoms with Crippen molar-refractivity contribution in [1.29, 1.82) is 0 Å². The van der Waals surface area contributed by atoms with Crippen LogP contribution in [0.15, 0.2) is 48.5 Å². The quantitative estimate of drug-likeness (QED) is 0.829. The van der Waals surface area contributed by atoms with Gasteiger partial charge in [0.1, 0.15) is 5.75 Å². The summed E-state index contributed by atoms with van der Waals surface area (Å²) in [5.41, 5.74) is 0.966. The summed E-state index contributed by atoms with van der Waals surface area (Å²) in [6.07, 6.45) is 0.550. The van der Waals surface area contributed by atoms with E-state index in [1.165, 1.54) is 3.57 Å². The van der Waals surface area contributed by atoms with Crippen LogP contribution in [0.5, 0.6) is 5.75 Å². The minimum absolute atomic E-state index is 0.212. The van der Waals surface area contributed by atoms with E-state index in [-0.39, 0.29) is 5.75 Å². The Morgan fingerprint density at radius 3 is 2.11 bits per heavy atom. The fourth-order valence-electron chi connectivity index (χ4n) is 1.92. The Morgan fingerprint density at radius 2 is 1.56 bits per heavy atom. The van der Waals surface area contributed by atoms with Crippen LogP contribution >= 0.6 is 22.6 Å². The summed E-state index contributed by atoms with van der Waals surface area (Å²) >= 11 is 2.26. The topological polar surface area (TPSA) is 40.5 Å². The van der Waals surface area contributed by atoms with Crippen LogP contribution in [0.1, 0.15) is 18.1 Å². The first-order valence-electron chi connectivity index (χ1n) is 5.74. The highest BCUT2D eigenvalue weighted by Gasteiger charge is 2.23. The average molecular weight is 354 g/mol. The van der Waals surface area contributed by atoms with Gasteiger partial charge >= 0.3 is 0 Å². The molecule has 2 aromatic carbocycles. The van der Waals surface area contributed by atoms with Crippen molar-refractivity contribution in [3.05, 3.63) is 63.2 Å². The van der Waals surface area contributed by atoms with Gasteiger partial charge in [-0.3, -0.25) is 0 Å². The summed E-state index contributed by atoms with van der Waals surface area (Å²) in [5, 5.41) is 19.8. The number of hydrogen-bond acceptors (Lipinski definition) is 2. The summed E-state index contributed by atoms with van der Waals surface area (Å²) in [5.74, 6) is 0.212. The molecule has 0 aliphatic heterocycles. The number of aliphatic hydroxyl groups is 1. The van der Waals surface area contributed by atoms with Gasteiger partial charge in [0.05, 0.1) is 5.60 Å². The van der Waals surface area contributed by atoms with E-state index in [9.17, 15) is 10.2 Å². The Kier molecular flexibility index (Phi) is 3.92. The lowest BCUT2D eigenvalue weighted by Crippen LogP contribution is -2.24. The lowest BCUT2D eigenvalue weighted by molar-refractivity contribution is 0.0576. The second-order valence-electron chi connectivity index (χ2n) is 4.62. The van der Waals surface area contributed by atoms with Crippen molar-refractivity contribution >= 4 is 22.6 Å². The molecule has 0 spiro atoms. The normalized spacial score (nSPS) is 14.2. The molecule has 0 fully saturated rings. The zero-order valence-electron chi connectivity index (χ0n) is 10.1. The second-order valence-corrected chi connectivity index (χ2v) is 5.87. The predicted molar refractivity (Wildman–Crippen MR) is 80.5 cm³/mol. The van der Waals surface area contributed by atoms with Crippen LogP contribution in [-0.4, -0.2) is 10.2 Å². The van der Waals surface area contributed by atoms with Crippen LogP contribution in [0, 0.1) is 3.57 Å². The van der Waals surface area contributed by atoms with E-state index in [1.54, 1.807) is 31.2 Å². The summed E-state index contributed by atoms with van der Waals surface area (Å²) in [6.45, 7) is 1.79. The molecule has 2 aromatic rings. The number of aromatic hydroxyl groups is 1. The van der Waals surface area contributed by atoms with Crippen molar-refractivity contribution in [3.63, 3.8) is 0 Å². The van der Waals surface area contributed by atoms with E-state index in [0.717, 1.165) is 11.1 Å². The average Bonchev–Trinajstić information content (AvgIpc) is 2.32. The molecule has 0 heterocycles. The van der Waals surface area contributed by atoms with Gasteiger partial charge in [-0.05, 0) is 64.9 Å². The lowest BCUT2D eigenvalue weighted by atomic mass is 9.89. The Morgan fingerprint density at radius 1 is 1.00 bits per heavy atom. The monoisotopic (exact) mass is 354 g/mol. The molecule has 0 radical (unpaired) electrons. The molecule has 0 saturated heterocycles. The molecule has 0 bridgehead atoms. The van der Waals surface area contributed by atoms with Crippen molar-refractivity contribution in [2.24, 2.45) is 0 Å².